The maximum atomic E-state index is 12.0. The monoisotopic (exact) mass is 303 g/mol. The van der Waals surface area contributed by atoms with Gasteiger partial charge in [-0.3, -0.25) is 0 Å². The molecular formula is C13H16ClF2N3O. The second kappa shape index (κ2) is 6.74. The van der Waals surface area contributed by atoms with Crippen LogP contribution in [0, 0.1) is 0 Å². The van der Waals surface area contributed by atoms with Crippen molar-refractivity contribution in [3.05, 3.63) is 29.3 Å². The van der Waals surface area contributed by atoms with Crippen molar-refractivity contribution >= 4 is 23.3 Å². The molecule has 1 aliphatic rings. The lowest BCUT2D eigenvalue weighted by molar-refractivity contribution is 0.146. The Morgan fingerprint density at radius 2 is 2.30 bits per heavy atom. The Morgan fingerprint density at radius 1 is 1.50 bits per heavy atom. The molecule has 110 valence electrons. The van der Waals surface area contributed by atoms with Crippen molar-refractivity contribution in [1.29, 1.82) is 0 Å². The minimum Gasteiger partial charge on any atom is -0.369 e. The summed E-state index contributed by atoms with van der Waals surface area (Å²) in [6.07, 6.45) is -1.76. The minimum absolute atomic E-state index is 0.0494. The van der Waals surface area contributed by atoms with Crippen LogP contribution in [0.4, 0.5) is 19.3 Å². The first-order valence-electron chi connectivity index (χ1n) is 6.37. The van der Waals surface area contributed by atoms with Crippen LogP contribution in [-0.2, 0) is 0 Å². The molecule has 0 radical (unpaired) electrons. The van der Waals surface area contributed by atoms with Gasteiger partial charge < -0.3 is 15.5 Å². The fraction of sp³-hybridized carbons (Fsp3) is 0.462. The maximum absolute atomic E-state index is 12.0. The first-order chi connectivity index (χ1) is 9.54. The lowest BCUT2D eigenvalue weighted by atomic mass is 10.3. The molecule has 4 nitrogen and oxygen atoms in total. The van der Waals surface area contributed by atoms with Gasteiger partial charge in [-0.25, -0.2) is 13.6 Å². The van der Waals surface area contributed by atoms with E-state index in [9.17, 15) is 13.6 Å². The number of hydrogen-bond acceptors (Lipinski definition) is 2. The van der Waals surface area contributed by atoms with Gasteiger partial charge in [0.05, 0.1) is 6.54 Å². The summed E-state index contributed by atoms with van der Waals surface area (Å²) in [5, 5.41) is 5.48. The first-order valence-corrected chi connectivity index (χ1v) is 6.75. The number of alkyl halides is 2. The lowest BCUT2D eigenvalue weighted by Gasteiger charge is -2.19. The largest absolute Gasteiger partial charge is 0.369 e. The SMILES string of the molecule is O=C(NCC(F)F)NC1CCN(c2cccc(Cl)c2)C1. The summed E-state index contributed by atoms with van der Waals surface area (Å²) in [5.74, 6) is 0. The predicted octanol–water partition coefficient (Wildman–Crippen LogP) is 2.48. The number of rotatable bonds is 4. The summed E-state index contributed by atoms with van der Waals surface area (Å²) in [5.41, 5.74) is 0.995. The summed E-state index contributed by atoms with van der Waals surface area (Å²) in [7, 11) is 0. The summed E-state index contributed by atoms with van der Waals surface area (Å²) >= 11 is 5.94. The predicted molar refractivity (Wildman–Crippen MR) is 74.6 cm³/mol. The number of carbonyl (C=O) groups is 1. The Hall–Kier alpha value is -1.56. The normalized spacial score (nSPS) is 18.4. The van der Waals surface area contributed by atoms with E-state index in [0.717, 1.165) is 18.7 Å². The van der Waals surface area contributed by atoms with Gasteiger partial charge in [0.1, 0.15) is 0 Å². The second-order valence-electron chi connectivity index (χ2n) is 4.66. The van der Waals surface area contributed by atoms with Gasteiger partial charge in [-0.05, 0) is 24.6 Å². The lowest BCUT2D eigenvalue weighted by Crippen LogP contribution is -2.44. The van der Waals surface area contributed by atoms with Crippen LogP contribution in [0.15, 0.2) is 24.3 Å². The highest BCUT2D eigenvalue weighted by Crippen LogP contribution is 2.23. The molecule has 1 heterocycles. The zero-order chi connectivity index (χ0) is 14.5. The van der Waals surface area contributed by atoms with Gasteiger partial charge >= 0.3 is 6.03 Å². The fourth-order valence-corrected chi connectivity index (χ4v) is 2.38. The van der Waals surface area contributed by atoms with Crippen molar-refractivity contribution < 1.29 is 13.6 Å². The Kier molecular flexibility index (Phi) is 5.00. The summed E-state index contributed by atoms with van der Waals surface area (Å²) in [6, 6.07) is 6.88. The van der Waals surface area contributed by atoms with Gasteiger partial charge in [-0.15, -0.1) is 0 Å². The first kappa shape index (κ1) is 14.8. The average molecular weight is 304 g/mol. The number of amides is 2. The molecule has 1 atom stereocenters. The molecule has 1 aromatic rings. The Balaban J connectivity index is 1.82. The molecule has 20 heavy (non-hydrogen) atoms. The van der Waals surface area contributed by atoms with E-state index in [1.807, 2.05) is 18.2 Å². The van der Waals surface area contributed by atoms with Crippen molar-refractivity contribution in [3.8, 4) is 0 Å². The Bertz CT molecular complexity index is 473. The van der Waals surface area contributed by atoms with Crippen molar-refractivity contribution in [2.75, 3.05) is 24.5 Å². The molecule has 2 N–H and O–H groups in total. The van der Waals surface area contributed by atoms with Crippen molar-refractivity contribution in [3.63, 3.8) is 0 Å². The summed E-state index contributed by atoms with van der Waals surface area (Å²) < 4.78 is 23.9. The molecule has 1 aliphatic heterocycles. The topological polar surface area (TPSA) is 44.4 Å². The molecule has 2 amide bonds. The van der Waals surface area contributed by atoms with Crippen molar-refractivity contribution in [1.82, 2.24) is 10.6 Å². The smallest absolute Gasteiger partial charge is 0.315 e. The van der Waals surface area contributed by atoms with Crippen LogP contribution >= 0.6 is 11.6 Å². The average Bonchev–Trinajstić information content (AvgIpc) is 2.85. The molecular weight excluding hydrogens is 288 g/mol. The summed E-state index contributed by atoms with van der Waals surface area (Å²) in [4.78, 5) is 13.5. The highest BCUT2D eigenvalue weighted by atomic mass is 35.5. The van der Waals surface area contributed by atoms with E-state index in [1.54, 1.807) is 6.07 Å². The molecule has 0 saturated carbocycles. The molecule has 2 rings (SSSR count). The molecule has 1 fully saturated rings. The highest BCUT2D eigenvalue weighted by molar-refractivity contribution is 6.30. The van der Waals surface area contributed by atoms with Gasteiger partial charge in [0.2, 0.25) is 0 Å². The van der Waals surface area contributed by atoms with E-state index in [1.165, 1.54) is 0 Å². The molecule has 7 heteroatoms. The third-order valence-electron chi connectivity index (χ3n) is 3.11. The molecule has 1 unspecified atom stereocenters. The van der Waals surface area contributed by atoms with Crippen molar-refractivity contribution in [2.24, 2.45) is 0 Å². The highest BCUT2D eigenvalue weighted by Gasteiger charge is 2.24. The number of urea groups is 1. The van der Waals surface area contributed by atoms with E-state index in [2.05, 4.69) is 15.5 Å². The van der Waals surface area contributed by atoms with Crippen LogP contribution in [-0.4, -0.2) is 38.1 Å². The van der Waals surface area contributed by atoms with E-state index < -0.39 is 19.0 Å². The maximum Gasteiger partial charge on any atom is 0.315 e. The Morgan fingerprint density at radius 3 is 3.00 bits per heavy atom. The third-order valence-corrected chi connectivity index (χ3v) is 3.35. The van der Waals surface area contributed by atoms with E-state index >= 15 is 0 Å². The van der Waals surface area contributed by atoms with Crippen molar-refractivity contribution in [2.45, 2.75) is 18.9 Å². The molecule has 0 aromatic heterocycles. The standard InChI is InChI=1S/C13H16ClF2N3O/c14-9-2-1-3-11(6-9)19-5-4-10(8-19)18-13(20)17-7-12(15)16/h1-3,6,10,12H,4-5,7-8H2,(H2,17,18,20). The number of hydrogen-bond donors (Lipinski definition) is 2. The van der Waals surface area contributed by atoms with E-state index in [4.69, 9.17) is 11.6 Å². The third kappa shape index (κ3) is 4.23. The number of anilines is 1. The van der Waals surface area contributed by atoms with E-state index in [0.29, 0.717) is 11.6 Å². The molecule has 1 aromatic carbocycles. The zero-order valence-corrected chi connectivity index (χ0v) is 11.5. The molecule has 1 saturated heterocycles. The molecule has 0 bridgehead atoms. The molecule has 0 aliphatic carbocycles. The zero-order valence-electron chi connectivity index (χ0n) is 10.8. The number of carbonyl (C=O) groups excluding carboxylic acids is 1. The second-order valence-corrected chi connectivity index (χ2v) is 5.09. The Labute approximate surface area is 121 Å². The van der Waals surface area contributed by atoms with Crippen LogP contribution in [0.1, 0.15) is 6.42 Å². The number of halogens is 3. The van der Waals surface area contributed by atoms with Gasteiger partial charge in [-0.1, -0.05) is 17.7 Å². The molecule has 0 spiro atoms. The van der Waals surface area contributed by atoms with Crippen LogP contribution in [0.3, 0.4) is 0 Å². The van der Waals surface area contributed by atoms with E-state index in [-0.39, 0.29) is 6.04 Å². The number of benzene rings is 1. The quantitative estimate of drug-likeness (QED) is 0.897. The van der Waals surface area contributed by atoms with Crippen LogP contribution in [0.2, 0.25) is 5.02 Å². The number of nitrogens with zero attached hydrogens (tertiary/aromatic N) is 1. The van der Waals surface area contributed by atoms with Gasteiger partial charge in [0.25, 0.3) is 6.43 Å². The van der Waals surface area contributed by atoms with Gasteiger partial charge in [0.15, 0.2) is 0 Å². The van der Waals surface area contributed by atoms with Gasteiger partial charge in [0, 0.05) is 29.8 Å². The van der Waals surface area contributed by atoms with Gasteiger partial charge in [-0.2, -0.15) is 0 Å². The fourth-order valence-electron chi connectivity index (χ4n) is 2.19. The van der Waals surface area contributed by atoms with Crippen LogP contribution < -0.4 is 15.5 Å². The summed E-state index contributed by atoms with van der Waals surface area (Å²) in [6.45, 7) is 0.805. The van der Waals surface area contributed by atoms with Crippen LogP contribution in [0.25, 0.3) is 0 Å². The minimum atomic E-state index is -2.53. The number of nitrogens with one attached hydrogen (secondary N) is 2. The van der Waals surface area contributed by atoms with Crippen LogP contribution in [0.5, 0.6) is 0 Å².